The highest BCUT2D eigenvalue weighted by atomic mass is 79.9. The number of anilines is 1. The van der Waals surface area contributed by atoms with Gasteiger partial charge in [-0.1, -0.05) is 23.2 Å². The highest BCUT2D eigenvalue weighted by Crippen LogP contribution is 2.36. The van der Waals surface area contributed by atoms with Gasteiger partial charge in [-0.15, -0.1) is 0 Å². The van der Waals surface area contributed by atoms with E-state index in [1.807, 2.05) is 0 Å². The van der Waals surface area contributed by atoms with Crippen LogP contribution in [-0.2, 0) is 0 Å². The van der Waals surface area contributed by atoms with Crippen molar-refractivity contribution in [1.82, 2.24) is 9.97 Å². The third kappa shape index (κ3) is 2.80. The lowest BCUT2D eigenvalue weighted by Gasteiger charge is -2.08. The zero-order chi connectivity index (χ0) is 12.4. The number of benzene rings is 1. The maximum atomic E-state index is 6.00. The van der Waals surface area contributed by atoms with E-state index in [0.29, 0.717) is 20.3 Å². The molecule has 4 nitrogen and oxygen atoms in total. The number of hydrogen-bond acceptors (Lipinski definition) is 4. The first-order valence-corrected chi connectivity index (χ1v) is 6.01. The van der Waals surface area contributed by atoms with Crippen LogP contribution in [0.2, 0.25) is 10.0 Å². The lowest BCUT2D eigenvalue weighted by molar-refractivity contribution is 0.463. The zero-order valence-electron chi connectivity index (χ0n) is 8.32. The predicted octanol–water partition coefficient (Wildman–Crippen LogP) is 3.92. The maximum absolute atomic E-state index is 6.00. The van der Waals surface area contributed by atoms with Gasteiger partial charge in [0.2, 0.25) is 0 Å². The molecule has 0 unspecified atom stereocenters. The number of aromatic nitrogens is 2. The van der Waals surface area contributed by atoms with Crippen LogP contribution in [-0.4, -0.2) is 9.97 Å². The van der Waals surface area contributed by atoms with E-state index in [1.165, 1.54) is 12.4 Å². The average Bonchev–Trinajstić information content (AvgIpc) is 2.29. The first kappa shape index (κ1) is 12.4. The Bertz CT molecular complexity index is 565. The Kier molecular flexibility index (Phi) is 3.71. The molecule has 0 bridgehead atoms. The molecule has 2 N–H and O–H groups in total. The summed E-state index contributed by atoms with van der Waals surface area (Å²) in [6.07, 6.45) is 2.94. The van der Waals surface area contributed by atoms with Crippen LogP contribution in [0.15, 0.2) is 29.0 Å². The summed E-state index contributed by atoms with van der Waals surface area (Å²) in [5.41, 5.74) is 5.60. The van der Waals surface area contributed by atoms with Gasteiger partial charge in [0.05, 0.1) is 10.0 Å². The number of nitrogens with zero attached hydrogens (tertiary/aromatic N) is 2. The summed E-state index contributed by atoms with van der Waals surface area (Å²) >= 11 is 15.2. The molecule has 1 aromatic carbocycles. The van der Waals surface area contributed by atoms with Gasteiger partial charge in [0.25, 0.3) is 5.88 Å². The molecule has 1 aromatic heterocycles. The van der Waals surface area contributed by atoms with E-state index >= 15 is 0 Å². The topological polar surface area (TPSA) is 61.0 Å². The summed E-state index contributed by atoms with van der Waals surface area (Å²) < 4.78 is 6.12. The average molecular weight is 335 g/mol. The summed E-state index contributed by atoms with van der Waals surface area (Å²) in [5, 5.41) is 0.873. The number of nitrogens with two attached hydrogens (primary N) is 1. The second-order valence-electron chi connectivity index (χ2n) is 3.05. The molecule has 1 heterocycles. The van der Waals surface area contributed by atoms with Crippen molar-refractivity contribution in [3.05, 3.63) is 39.0 Å². The Morgan fingerprint density at radius 3 is 2.53 bits per heavy atom. The van der Waals surface area contributed by atoms with Crippen molar-refractivity contribution in [3.8, 4) is 11.6 Å². The molecule has 0 atom stereocenters. The molecule has 7 heteroatoms. The number of ether oxygens (including phenoxy) is 1. The van der Waals surface area contributed by atoms with E-state index in [-0.39, 0.29) is 11.7 Å². The van der Waals surface area contributed by atoms with Crippen molar-refractivity contribution < 1.29 is 4.74 Å². The van der Waals surface area contributed by atoms with Crippen LogP contribution in [0.5, 0.6) is 11.6 Å². The van der Waals surface area contributed by atoms with Crippen LogP contribution in [0.4, 0.5) is 5.82 Å². The van der Waals surface area contributed by atoms with Gasteiger partial charge in [0, 0.05) is 22.9 Å². The lowest BCUT2D eigenvalue weighted by atomic mass is 10.3. The monoisotopic (exact) mass is 333 g/mol. The third-order valence-corrected chi connectivity index (χ3v) is 3.37. The Labute approximate surface area is 116 Å². The van der Waals surface area contributed by atoms with E-state index in [0.717, 1.165) is 0 Å². The van der Waals surface area contributed by atoms with Crippen LogP contribution < -0.4 is 10.5 Å². The van der Waals surface area contributed by atoms with E-state index < -0.39 is 0 Å². The molecule has 0 radical (unpaired) electrons. The largest absolute Gasteiger partial charge is 0.434 e. The minimum Gasteiger partial charge on any atom is -0.434 e. The SMILES string of the molecule is Nc1nccnc1Oc1cc(Cl)c(Br)cc1Cl. The van der Waals surface area contributed by atoms with E-state index in [4.69, 9.17) is 33.7 Å². The smallest absolute Gasteiger partial charge is 0.262 e. The van der Waals surface area contributed by atoms with Gasteiger partial charge in [-0.2, -0.15) is 0 Å². The van der Waals surface area contributed by atoms with Gasteiger partial charge >= 0.3 is 0 Å². The molecule has 0 aliphatic carbocycles. The first-order valence-electron chi connectivity index (χ1n) is 4.47. The molecule has 0 fully saturated rings. The molecule has 0 saturated heterocycles. The van der Waals surface area contributed by atoms with Gasteiger partial charge in [-0.25, -0.2) is 9.97 Å². The molecule has 0 saturated carbocycles. The standard InChI is InChI=1S/C10H6BrCl2N3O/c11-5-3-7(13)8(4-6(5)12)17-10-9(14)15-1-2-16-10/h1-4H,(H2,14,15). The van der Waals surface area contributed by atoms with E-state index in [2.05, 4.69) is 25.9 Å². The quantitative estimate of drug-likeness (QED) is 0.845. The molecule has 0 amide bonds. The van der Waals surface area contributed by atoms with Gasteiger partial charge < -0.3 is 10.5 Å². The van der Waals surface area contributed by atoms with Gasteiger partial charge in [0.1, 0.15) is 5.75 Å². The summed E-state index contributed by atoms with van der Waals surface area (Å²) in [6, 6.07) is 3.20. The second-order valence-corrected chi connectivity index (χ2v) is 4.71. The summed E-state index contributed by atoms with van der Waals surface area (Å²) in [5.74, 6) is 0.738. The second kappa shape index (κ2) is 5.08. The molecule has 0 aliphatic heterocycles. The Hall–Kier alpha value is -1.04. The van der Waals surface area contributed by atoms with Crippen LogP contribution >= 0.6 is 39.1 Å². The Balaban J connectivity index is 2.37. The van der Waals surface area contributed by atoms with Crippen LogP contribution in [0, 0.1) is 0 Å². The molecule has 88 valence electrons. The van der Waals surface area contributed by atoms with Crippen molar-refractivity contribution in [2.75, 3.05) is 5.73 Å². The predicted molar refractivity (Wildman–Crippen MR) is 70.7 cm³/mol. The minimum atomic E-state index is 0.183. The first-order chi connectivity index (χ1) is 8.08. The van der Waals surface area contributed by atoms with Crippen molar-refractivity contribution in [1.29, 1.82) is 0 Å². The normalized spacial score (nSPS) is 10.3. The molecule has 0 spiro atoms. The van der Waals surface area contributed by atoms with Crippen molar-refractivity contribution >= 4 is 44.9 Å². The van der Waals surface area contributed by atoms with Gasteiger partial charge in [-0.05, 0) is 22.0 Å². The molecule has 0 aliphatic rings. The number of rotatable bonds is 2. The zero-order valence-corrected chi connectivity index (χ0v) is 11.4. The lowest BCUT2D eigenvalue weighted by Crippen LogP contribution is -1.97. The van der Waals surface area contributed by atoms with Crippen LogP contribution in [0.25, 0.3) is 0 Å². The highest BCUT2D eigenvalue weighted by Gasteiger charge is 2.10. The van der Waals surface area contributed by atoms with Gasteiger partial charge in [0.15, 0.2) is 5.82 Å². The maximum Gasteiger partial charge on any atom is 0.262 e. The van der Waals surface area contributed by atoms with Crippen molar-refractivity contribution in [2.24, 2.45) is 0 Å². The van der Waals surface area contributed by atoms with E-state index in [1.54, 1.807) is 12.1 Å². The number of halogens is 3. The molecular formula is C10H6BrCl2N3O. The fraction of sp³-hybridized carbons (Fsp3) is 0. The molecule has 2 rings (SSSR count). The molecule has 2 aromatic rings. The highest BCUT2D eigenvalue weighted by molar-refractivity contribution is 9.10. The van der Waals surface area contributed by atoms with Crippen LogP contribution in [0.1, 0.15) is 0 Å². The fourth-order valence-corrected chi connectivity index (χ4v) is 1.93. The fourth-order valence-electron chi connectivity index (χ4n) is 1.10. The third-order valence-electron chi connectivity index (χ3n) is 1.87. The van der Waals surface area contributed by atoms with Crippen molar-refractivity contribution in [2.45, 2.75) is 0 Å². The summed E-state index contributed by atoms with van der Waals surface area (Å²) in [4.78, 5) is 7.79. The minimum absolute atomic E-state index is 0.183. The molecule has 17 heavy (non-hydrogen) atoms. The summed E-state index contributed by atoms with van der Waals surface area (Å²) in [7, 11) is 0. The Morgan fingerprint density at radius 2 is 1.82 bits per heavy atom. The molecular weight excluding hydrogens is 329 g/mol. The number of hydrogen-bond donors (Lipinski definition) is 1. The van der Waals surface area contributed by atoms with Gasteiger partial charge in [-0.3, -0.25) is 0 Å². The van der Waals surface area contributed by atoms with E-state index in [9.17, 15) is 0 Å². The number of nitrogen functional groups attached to an aromatic ring is 1. The Morgan fingerprint density at radius 1 is 1.12 bits per heavy atom. The van der Waals surface area contributed by atoms with Crippen LogP contribution in [0.3, 0.4) is 0 Å². The van der Waals surface area contributed by atoms with Crippen molar-refractivity contribution in [3.63, 3.8) is 0 Å². The summed E-state index contributed by atoms with van der Waals surface area (Å²) in [6.45, 7) is 0.